The van der Waals surface area contributed by atoms with Crippen LogP contribution in [0.2, 0.25) is 0 Å². The van der Waals surface area contributed by atoms with Gasteiger partial charge in [-0.3, -0.25) is 4.79 Å². The van der Waals surface area contributed by atoms with Crippen molar-refractivity contribution in [1.29, 1.82) is 0 Å². The number of nitrogens with zero attached hydrogens (tertiary/aromatic N) is 3. The second-order valence-electron chi connectivity index (χ2n) is 4.62. The van der Waals surface area contributed by atoms with E-state index in [9.17, 15) is 4.79 Å². The number of benzene rings is 1. The van der Waals surface area contributed by atoms with E-state index in [2.05, 4.69) is 4.98 Å². The maximum atomic E-state index is 12.0. The molecule has 0 aliphatic rings. The van der Waals surface area contributed by atoms with E-state index in [0.717, 1.165) is 5.56 Å². The molecule has 100 valence electrons. The first-order valence-electron chi connectivity index (χ1n) is 6.10. The van der Waals surface area contributed by atoms with Crippen LogP contribution in [0.25, 0.3) is 0 Å². The SMILES string of the molecule is CC(c1cccc(N)c1)N(C)c1nccn(C)c1=O. The minimum Gasteiger partial charge on any atom is -0.399 e. The summed E-state index contributed by atoms with van der Waals surface area (Å²) in [6.45, 7) is 2.02. The third-order valence-corrected chi connectivity index (χ3v) is 3.31. The molecule has 19 heavy (non-hydrogen) atoms. The van der Waals surface area contributed by atoms with Crippen molar-refractivity contribution in [1.82, 2.24) is 9.55 Å². The highest BCUT2D eigenvalue weighted by Gasteiger charge is 2.16. The maximum absolute atomic E-state index is 12.0. The summed E-state index contributed by atoms with van der Waals surface area (Å²) in [5, 5.41) is 0. The second-order valence-corrected chi connectivity index (χ2v) is 4.62. The molecule has 1 atom stereocenters. The lowest BCUT2D eigenvalue weighted by Gasteiger charge is -2.26. The van der Waals surface area contributed by atoms with Crippen LogP contribution >= 0.6 is 0 Å². The van der Waals surface area contributed by atoms with Crippen LogP contribution in [0.3, 0.4) is 0 Å². The van der Waals surface area contributed by atoms with E-state index < -0.39 is 0 Å². The third kappa shape index (κ3) is 2.59. The fourth-order valence-electron chi connectivity index (χ4n) is 1.95. The topological polar surface area (TPSA) is 64.2 Å². The van der Waals surface area contributed by atoms with Crippen LogP contribution in [-0.4, -0.2) is 16.6 Å². The van der Waals surface area contributed by atoms with Gasteiger partial charge < -0.3 is 15.2 Å². The van der Waals surface area contributed by atoms with Crippen molar-refractivity contribution in [3.8, 4) is 0 Å². The highest BCUT2D eigenvalue weighted by molar-refractivity contribution is 5.45. The number of nitrogens with two attached hydrogens (primary N) is 1. The molecule has 0 spiro atoms. The van der Waals surface area contributed by atoms with Crippen LogP contribution in [0.15, 0.2) is 41.5 Å². The van der Waals surface area contributed by atoms with Crippen molar-refractivity contribution in [3.05, 3.63) is 52.6 Å². The summed E-state index contributed by atoms with van der Waals surface area (Å²) in [4.78, 5) is 18.1. The van der Waals surface area contributed by atoms with Crippen molar-refractivity contribution >= 4 is 11.5 Å². The summed E-state index contributed by atoms with van der Waals surface area (Å²) >= 11 is 0. The molecule has 0 fully saturated rings. The molecule has 0 aliphatic carbocycles. The predicted molar refractivity (Wildman–Crippen MR) is 77.2 cm³/mol. The number of anilines is 2. The molecule has 1 unspecified atom stereocenters. The number of hydrogen-bond acceptors (Lipinski definition) is 4. The Morgan fingerprint density at radius 1 is 1.42 bits per heavy atom. The van der Waals surface area contributed by atoms with Crippen LogP contribution in [0.4, 0.5) is 11.5 Å². The predicted octanol–water partition coefficient (Wildman–Crippen LogP) is 1.56. The first kappa shape index (κ1) is 13.1. The number of aryl methyl sites for hydroxylation is 1. The zero-order valence-electron chi connectivity index (χ0n) is 11.4. The molecule has 2 rings (SSSR count). The zero-order valence-corrected chi connectivity index (χ0v) is 11.4. The number of aromatic nitrogens is 2. The minimum atomic E-state index is -0.110. The summed E-state index contributed by atoms with van der Waals surface area (Å²) in [6.07, 6.45) is 3.27. The van der Waals surface area contributed by atoms with Gasteiger partial charge in [0, 0.05) is 32.2 Å². The second kappa shape index (κ2) is 5.14. The molecule has 5 nitrogen and oxygen atoms in total. The van der Waals surface area contributed by atoms with E-state index in [4.69, 9.17) is 5.73 Å². The standard InChI is InChI=1S/C14H18N4O/c1-10(11-5-4-6-12(15)9-11)18(3)13-14(19)17(2)8-7-16-13/h4-10H,15H2,1-3H3. The van der Waals surface area contributed by atoms with Crippen molar-refractivity contribution < 1.29 is 0 Å². The fourth-order valence-corrected chi connectivity index (χ4v) is 1.95. The Hall–Kier alpha value is -2.30. The Bertz CT molecular complexity index is 635. The molecule has 5 heteroatoms. The molecular formula is C14H18N4O. The van der Waals surface area contributed by atoms with Crippen LogP contribution in [0, 0.1) is 0 Å². The van der Waals surface area contributed by atoms with E-state index in [0.29, 0.717) is 11.5 Å². The summed E-state index contributed by atoms with van der Waals surface area (Å²) in [7, 11) is 3.57. The average molecular weight is 258 g/mol. The van der Waals surface area contributed by atoms with Gasteiger partial charge in [-0.2, -0.15) is 0 Å². The normalized spacial score (nSPS) is 12.2. The Balaban J connectivity index is 2.36. The maximum Gasteiger partial charge on any atom is 0.293 e. The van der Waals surface area contributed by atoms with Crippen LogP contribution in [-0.2, 0) is 7.05 Å². The lowest BCUT2D eigenvalue weighted by Crippen LogP contribution is -2.31. The number of hydrogen-bond donors (Lipinski definition) is 1. The van der Waals surface area contributed by atoms with Gasteiger partial charge in [-0.05, 0) is 24.6 Å². The van der Waals surface area contributed by atoms with Gasteiger partial charge in [0.15, 0.2) is 5.82 Å². The number of nitrogen functional groups attached to an aromatic ring is 1. The van der Waals surface area contributed by atoms with Crippen molar-refractivity contribution in [2.75, 3.05) is 17.7 Å². The summed E-state index contributed by atoms with van der Waals surface area (Å²) in [6, 6.07) is 7.67. The molecule has 0 amide bonds. The molecular weight excluding hydrogens is 240 g/mol. The smallest absolute Gasteiger partial charge is 0.293 e. The van der Waals surface area contributed by atoms with Gasteiger partial charge in [0.1, 0.15) is 0 Å². The molecule has 0 bridgehead atoms. The first-order valence-corrected chi connectivity index (χ1v) is 6.10. The van der Waals surface area contributed by atoms with E-state index in [-0.39, 0.29) is 11.6 Å². The summed E-state index contributed by atoms with van der Waals surface area (Å²) in [5.74, 6) is 0.430. The Morgan fingerprint density at radius 2 is 2.16 bits per heavy atom. The van der Waals surface area contributed by atoms with Crippen LogP contribution in [0.1, 0.15) is 18.5 Å². The van der Waals surface area contributed by atoms with Crippen molar-refractivity contribution in [2.45, 2.75) is 13.0 Å². The molecule has 2 aromatic rings. The molecule has 0 aliphatic heterocycles. The fraction of sp³-hybridized carbons (Fsp3) is 0.286. The average Bonchev–Trinajstić information content (AvgIpc) is 2.40. The quantitative estimate of drug-likeness (QED) is 0.849. The lowest BCUT2D eigenvalue weighted by atomic mass is 10.1. The van der Waals surface area contributed by atoms with Crippen molar-refractivity contribution in [3.63, 3.8) is 0 Å². The van der Waals surface area contributed by atoms with Crippen LogP contribution < -0.4 is 16.2 Å². The van der Waals surface area contributed by atoms with Gasteiger partial charge in [-0.25, -0.2) is 4.98 Å². The Labute approximate surface area is 112 Å². The molecule has 0 saturated carbocycles. The van der Waals surface area contributed by atoms with Gasteiger partial charge >= 0.3 is 0 Å². The van der Waals surface area contributed by atoms with Gasteiger partial charge in [-0.1, -0.05) is 12.1 Å². The highest BCUT2D eigenvalue weighted by atomic mass is 16.1. The van der Waals surface area contributed by atoms with Gasteiger partial charge in [0.2, 0.25) is 0 Å². The molecule has 0 saturated heterocycles. The van der Waals surface area contributed by atoms with E-state index >= 15 is 0 Å². The first-order chi connectivity index (χ1) is 9.00. The van der Waals surface area contributed by atoms with E-state index in [1.807, 2.05) is 43.1 Å². The van der Waals surface area contributed by atoms with Gasteiger partial charge in [-0.15, -0.1) is 0 Å². The lowest BCUT2D eigenvalue weighted by molar-refractivity contribution is 0.709. The molecule has 2 N–H and O–H groups in total. The minimum absolute atomic E-state index is 0.0195. The summed E-state index contributed by atoms with van der Waals surface area (Å²) < 4.78 is 1.52. The zero-order chi connectivity index (χ0) is 14.0. The van der Waals surface area contributed by atoms with Gasteiger partial charge in [0.05, 0.1) is 6.04 Å². The third-order valence-electron chi connectivity index (χ3n) is 3.31. The molecule has 0 radical (unpaired) electrons. The Kier molecular flexibility index (Phi) is 3.55. The Morgan fingerprint density at radius 3 is 2.84 bits per heavy atom. The monoisotopic (exact) mass is 258 g/mol. The van der Waals surface area contributed by atoms with Crippen LogP contribution in [0.5, 0.6) is 0 Å². The van der Waals surface area contributed by atoms with Crippen molar-refractivity contribution in [2.24, 2.45) is 7.05 Å². The molecule has 1 aromatic carbocycles. The largest absolute Gasteiger partial charge is 0.399 e. The van der Waals surface area contributed by atoms with Gasteiger partial charge in [0.25, 0.3) is 5.56 Å². The molecule has 1 aromatic heterocycles. The molecule has 1 heterocycles. The highest BCUT2D eigenvalue weighted by Crippen LogP contribution is 2.22. The number of rotatable bonds is 3. The van der Waals surface area contributed by atoms with E-state index in [1.54, 1.807) is 19.4 Å². The van der Waals surface area contributed by atoms with E-state index in [1.165, 1.54) is 4.57 Å². The summed E-state index contributed by atoms with van der Waals surface area (Å²) in [5.41, 5.74) is 7.44.